The monoisotopic (exact) mass is 408 g/mol. The minimum absolute atomic E-state index is 0.318. The predicted octanol–water partition coefficient (Wildman–Crippen LogP) is 7.25. The molecule has 0 aromatic heterocycles. The van der Waals surface area contributed by atoms with Crippen molar-refractivity contribution >= 4 is 22.8 Å². The number of hydrogen-bond acceptors (Lipinski definition) is 2. The van der Waals surface area contributed by atoms with E-state index in [1.54, 1.807) is 17.2 Å². The maximum atomic E-state index is 9.60. The summed E-state index contributed by atoms with van der Waals surface area (Å²) in [6.07, 6.45) is 7.88. The van der Waals surface area contributed by atoms with E-state index in [1.807, 2.05) is 27.7 Å². The first kappa shape index (κ1) is 28.9. The van der Waals surface area contributed by atoms with Gasteiger partial charge in [-0.3, -0.25) is 4.79 Å². The van der Waals surface area contributed by atoms with E-state index in [0.29, 0.717) is 17.0 Å². The van der Waals surface area contributed by atoms with Crippen molar-refractivity contribution < 1.29 is 9.53 Å². The summed E-state index contributed by atoms with van der Waals surface area (Å²) in [5.41, 5.74) is 2.81. The minimum Gasteiger partial charge on any atom is -0.462 e. The first-order valence-electron chi connectivity index (χ1n) is 10.2. The maximum Gasteiger partial charge on any atom is 0.293 e. The van der Waals surface area contributed by atoms with Crippen LogP contribution in [0.4, 0.5) is 0 Å². The molecule has 0 spiro atoms. The van der Waals surface area contributed by atoms with Gasteiger partial charge in [0.05, 0.1) is 0 Å². The van der Waals surface area contributed by atoms with Gasteiger partial charge in [0.25, 0.3) is 6.47 Å². The lowest BCUT2D eigenvalue weighted by Crippen LogP contribution is -2.17. The van der Waals surface area contributed by atoms with E-state index in [0.717, 1.165) is 11.8 Å². The molecule has 162 valence electrons. The van der Waals surface area contributed by atoms with Crippen LogP contribution in [0.25, 0.3) is 0 Å². The Balaban J connectivity index is 0. The molecule has 0 amide bonds. The van der Waals surface area contributed by atoms with Crippen LogP contribution in [0.2, 0.25) is 0 Å². The number of hydrogen-bond donors (Lipinski definition) is 0. The fourth-order valence-corrected chi connectivity index (χ4v) is 3.31. The molecular weight excluding hydrogens is 364 g/mol. The molecule has 0 radical (unpaired) electrons. The lowest BCUT2D eigenvalue weighted by molar-refractivity contribution is -0.138. The van der Waals surface area contributed by atoms with Crippen molar-refractivity contribution in [2.24, 2.45) is 5.92 Å². The molecular formula is C25H44O2S. The molecule has 2 nitrogen and oxygen atoms in total. The molecule has 0 saturated carbocycles. The Labute approximate surface area is 177 Å². The predicted molar refractivity (Wildman–Crippen MR) is 131 cm³/mol. The molecule has 1 aliphatic rings. The molecule has 1 aromatic rings. The smallest absolute Gasteiger partial charge is 0.293 e. The average molecular weight is 409 g/mol. The Kier molecular flexibility index (Phi) is 17.1. The van der Waals surface area contributed by atoms with Gasteiger partial charge in [0.2, 0.25) is 0 Å². The second-order valence-electron chi connectivity index (χ2n) is 8.24. The number of carbonyl (C=O) groups is 1. The first-order chi connectivity index (χ1) is 13.0. The average Bonchev–Trinajstić information content (AvgIpc) is 2.88. The van der Waals surface area contributed by atoms with Gasteiger partial charge in [-0.1, -0.05) is 63.4 Å². The maximum absolute atomic E-state index is 9.60. The Morgan fingerprint density at radius 2 is 1.79 bits per heavy atom. The normalized spacial score (nSPS) is 17.9. The zero-order valence-corrected chi connectivity index (χ0v) is 20.4. The van der Waals surface area contributed by atoms with Gasteiger partial charge in [-0.25, -0.2) is 0 Å². The van der Waals surface area contributed by atoms with Gasteiger partial charge in [-0.2, -0.15) is 10.5 Å². The highest BCUT2D eigenvalue weighted by Gasteiger charge is 2.24. The van der Waals surface area contributed by atoms with E-state index in [4.69, 9.17) is 0 Å². The standard InChI is InChI=1S/C11H14.C6H14S.C5H10O2.C3H6/c1-8-7-10-5-3-4-6-11(10)9(8)2;1-4-5-6-7(2)3;1-5(2,3)7-4-6;1-3-2/h3-6,8-9H,7H2,1-2H3;2,4-6H2,1,3H3;4H,1-3H3;3H,1H2,2H3. The fraction of sp³-hybridized carbons (Fsp3) is 0.600. The third-order valence-electron chi connectivity index (χ3n) is 4.19. The molecule has 3 unspecified atom stereocenters. The highest BCUT2D eigenvalue weighted by molar-refractivity contribution is 8.13. The lowest BCUT2D eigenvalue weighted by Gasteiger charge is -2.14. The first-order valence-corrected chi connectivity index (χ1v) is 12.2. The van der Waals surface area contributed by atoms with E-state index in [9.17, 15) is 4.79 Å². The highest BCUT2D eigenvalue weighted by atomic mass is 32.2. The van der Waals surface area contributed by atoms with Crippen LogP contribution in [0, 0.1) is 5.92 Å². The summed E-state index contributed by atoms with van der Waals surface area (Å²) in [5.74, 6) is 6.83. The van der Waals surface area contributed by atoms with E-state index in [1.165, 1.54) is 25.0 Å². The Hall–Kier alpha value is -1.35. The lowest BCUT2D eigenvalue weighted by atomic mass is 9.97. The minimum atomic E-state index is -0.318. The molecule has 28 heavy (non-hydrogen) atoms. The number of carbonyl (C=O) groups excluding carboxylic acids is 1. The summed E-state index contributed by atoms with van der Waals surface area (Å²) in [6, 6.07) is 8.82. The molecule has 0 bridgehead atoms. The van der Waals surface area contributed by atoms with E-state index in [2.05, 4.69) is 68.5 Å². The Bertz CT molecular complexity index is 558. The zero-order valence-electron chi connectivity index (χ0n) is 19.6. The summed E-state index contributed by atoms with van der Waals surface area (Å²) in [7, 11) is 0.435. The van der Waals surface area contributed by atoms with Crippen LogP contribution in [0.1, 0.15) is 78.4 Å². The molecule has 3 atom stereocenters. The third-order valence-corrected chi connectivity index (χ3v) is 5.17. The van der Waals surface area contributed by atoms with Crippen molar-refractivity contribution in [3.05, 3.63) is 48.0 Å². The number of allylic oxidation sites excluding steroid dienone is 1. The topological polar surface area (TPSA) is 26.3 Å². The van der Waals surface area contributed by atoms with Crippen molar-refractivity contribution in [1.29, 1.82) is 0 Å². The van der Waals surface area contributed by atoms with Crippen LogP contribution < -0.4 is 0 Å². The number of benzene rings is 1. The van der Waals surface area contributed by atoms with Crippen LogP contribution in [0.15, 0.2) is 36.9 Å². The van der Waals surface area contributed by atoms with Crippen LogP contribution in [0.3, 0.4) is 0 Å². The Morgan fingerprint density at radius 1 is 1.25 bits per heavy atom. The second kappa shape index (κ2) is 16.6. The summed E-state index contributed by atoms with van der Waals surface area (Å²) < 4.78 is 4.55. The van der Waals surface area contributed by atoms with E-state index >= 15 is 0 Å². The van der Waals surface area contributed by atoms with Gasteiger partial charge in [0, 0.05) is 0 Å². The molecule has 0 N–H and O–H groups in total. The zero-order chi connectivity index (χ0) is 22.2. The van der Waals surface area contributed by atoms with Crippen LogP contribution in [-0.2, 0) is 16.0 Å². The molecule has 2 rings (SSSR count). The van der Waals surface area contributed by atoms with Crippen molar-refractivity contribution in [3.8, 4) is 0 Å². The van der Waals surface area contributed by atoms with Crippen LogP contribution in [0.5, 0.6) is 0 Å². The molecule has 1 aromatic carbocycles. The quantitative estimate of drug-likeness (QED) is 0.298. The number of ether oxygens (including phenoxy) is 1. The number of rotatable bonds is 4. The molecule has 0 fully saturated rings. The molecule has 0 heterocycles. The van der Waals surface area contributed by atoms with Crippen molar-refractivity contribution in [3.63, 3.8) is 0 Å². The molecule has 0 aliphatic heterocycles. The largest absolute Gasteiger partial charge is 0.462 e. The second-order valence-corrected chi connectivity index (χ2v) is 10.2. The van der Waals surface area contributed by atoms with Gasteiger partial charge in [-0.05, 0) is 75.5 Å². The summed E-state index contributed by atoms with van der Waals surface area (Å²) in [6.45, 7) is 18.1. The highest BCUT2D eigenvalue weighted by Crippen LogP contribution is 2.36. The van der Waals surface area contributed by atoms with E-state index in [-0.39, 0.29) is 5.60 Å². The van der Waals surface area contributed by atoms with Crippen molar-refractivity contribution in [1.82, 2.24) is 0 Å². The van der Waals surface area contributed by atoms with Crippen LogP contribution in [-0.4, -0.2) is 30.0 Å². The summed E-state index contributed by atoms with van der Waals surface area (Å²) >= 11 is 0. The Morgan fingerprint density at radius 3 is 2.11 bits per heavy atom. The van der Waals surface area contributed by atoms with Gasteiger partial charge in [0.1, 0.15) is 5.60 Å². The summed E-state index contributed by atoms with van der Waals surface area (Å²) in [5, 5.41) is 0. The van der Waals surface area contributed by atoms with Gasteiger partial charge >= 0.3 is 0 Å². The van der Waals surface area contributed by atoms with Gasteiger partial charge in [0.15, 0.2) is 0 Å². The van der Waals surface area contributed by atoms with Gasteiger partial charge < -0.3 is 4.74 Å². The molecule has 3 heteroatoms. The fourth-order valence-electron chi connectivity index (χ4n) is 2.53. The van der Waals surface area contributed by atoms with Crippen molar-refractivity contribution in [2.75, 3.05) is 12.0 Å². The summed E-state index contributed by atoms with van der Waals surface area (Å²) in [4.78, 5) is 9.60. The molecule has 1 aliphatic carbocycles. The number of unbranched alkanes of at least 4 members (excludes halogenated alkanes) is 1. The SMILES string of the molecule is C=CC.C=S(C)CCCC.CC(C)(C)OC=O.CC1Cc2ccccc2C1C. The number of fused-ring (bicyclic) bond motifs is 1. The van der Waals surface area contributed by atoms with Crippen molar-refractivity contribution in [2.45, 2.75) is 79.2 Å². The van der Waals surface area contributed by atoms with Gasteiger partial charge in [-0.15, -0.1) is 6.58 Å². The van der Waals surface area contributed by atoms with Crippen LogP contribution >= 0.6 is 10.5 Å². The molecule has 0 saturated heterocycles. The third kappa shape index (κ3) is 15.7. The van der Waals surface area contributed by atoms with E-state index < -0.39 is 0 Å².